The second-order valence-corrected chi connectivity index (χ2v) is 12.5. The maximum Gasteiger partial charge on any atom is 0.242 e. The van der Waals surface area contributed by atoms with E-state index in [4.69, 9.17) is 23.2 Å². The number of benzene rings is 2. The summed E-state index contributed by atoms with van der Waals surface area (Å²) in [7, 11) is -3.56. The molecule has 0 spiro atoms. The molecule has 0 aromatic heterocycles. The Morgan fingerprint density at radius 3 is 2.16 bits per heavy atom. The predicted octanol–water partition coefficient (Wildman–Crippen LogP) is 5.35. The van der Waals surface area contributed by atoms with Crippen molar-refractivity contribution < 1.29 is 18.0 Å². The molecule has 204 valence electrons. The number of rotatable bonds is 12. The molecule has 2 amide bonds. The van der Waals surface area contributed by atoms with Crippen molar-refractivity contribution >= 4 is 50.7 Å². The highest BCUT2D eigenvalue weighted by molar-refractivity contribution is 7.92. The molecule has 2 aromatic rings. The number of amides is 2. The Kier molecular flexibility index (Phi) is 11.3. The Labute approximate surface area is 231 Å². The molecule has 7 nitrogen and oxygen atoms in total. The number of halogens is 2. The third kappa shape index (κ3) is 8.90. The topological polar surface area (TPSA) is 86.8 Å². The van der Waals surface area contributed by atoms with Crippen LogP contribution in [-0.2, 0) is 26.2 Å². The summed E-state index contributed by atoms with van der Waals surface area (Å²) in [4.78, 5) is 27.7. The minimum Gasteiger partial charge on any atom is -0.354 e. The Balaban J connectivity index is 2.23. The number of nitrogens with one attached hydrogen (secondary N) is 1. The fraction of sp³-hybridized carbons (Fsp3) is 0.481. The quantitative estimate of drug-likeness (QED) is 0.373. The Morgan fingerprint density at radius 1 is 1.00 bits per heavy atom. The van der Waals surface area contributed by atoms with Gasteiger partial charge in [-0.05, 0) is 68.5 Å². The number of carbonyl (C=O) groups is 2. The van der Waals surface area contributed by atoms with Gasteiger partial charge >= 0.3 is 0 Å². The van der Waals surface area contributed by atoms with E-state index in [0.29, 0.717) is 27.8 Å². The molecular formula is C27H37Cl2N3O4S. The molecule has 0 saturated carbocycles. The first-order valence-electron chi connectivity index (χ1n) is 12.3. The molecule has 0 saturated heterocycles. The van der Waals surface area contributed by atoms with Crippen molar-refractivity contribution in [2.45, 2.75) is 60.0 Å². The molecule has 0 aliphatic carbocycles. The van der Waals surface area contributed by atoms with Crippen LogP contribution in [-0.4, -0.2) is 50.5 Å². The second-order valence-electron chi connectivity index (χ2n) is 9.74. The molecule has 0 aliphatic heterocycles. The lowest BCUT2D eigenvalue weighted by Gasteiger charge is -2.30. The summed E-state index contributed by atoms with van der Waals surface area (Å²) in [6.07, 6.45) is 1.46. The average molecular weight is 571 g/mol. The third-order valence-electron chi connectivity index (χ3n) is 6.17. The van der Waals surface area contributed by atoms with E-state index in [1.807, 2.05) is 39.8 Å². The van der Waals surface area contributed by atoms with Crippen LogP contribution in [0, 0.1) is 19.8 Å². The molecular weight excluding hydrogens is 533 g/mol. The number of nitrogens with zero attached hydrogens (tertiary/aromatic N) is 2. The highest BCUT2D eigenvalue weighted by atomic mass is 35.5. The van der Waals surface area contributed by atoms with Gasteiger partial charge in [-0.2, -0.15) is 0 Å². The minimum atomic E-state index is -3.56. The van der Waals surface area contributed by atoms with E-state index in [0.717, 1.165) is 17.4 Å². The number of sulfonamides is 1. The Hall–Kier alpha value is -2.29. The summed E-state index contributed by atoms with van der Waals surface area (Å²) in [5.41, 5.74) is 3.15. The fourth-order valence-electron chi connectivity index (χ4n) is 3.77. The lowest BCUT2D eigenvalue weighted by molar-refractivity contribution is -0.140. The molecule has 0 aliphatic rings. The minimum absolute atomic E-state index is 0.0424. The molecule has 1 unspecified atom stereocenters. The first-order valence-corrected chi connectivity index (χ1v) is 14.9. The summed E-state index contributed by atoms with van der Waals surface area (Å²) in [5.74, 6) is -0.319. The van der Waals surface area contributed by atoms with Gasteiger partial charge in [0.15, 0.2) is 0 Å². The highest BCUT2D eigenvalue weighted by Gasteiger charge is 2.28. The van der Waals surface area contributed by atoms with Crippen LogP contribution in [0.25, 0.3) is 0 Å². The third-order valence-corrected chi connectivity index (χ3v) is 8.07. The SMILES string of the molecule is Cc1ccc(N(CCCC(=O)N(Cc2c(Cl)cccc2Cl)C(C)C(=O)NCC(C)C)S(C)(=O)=O)cc1C. The van der Waals surface area contributed by atoms with Crippen LogP contribution >= 0.6 is 23.2 Å². The molecule has 37 heavy (non-hydrogen) atoms. The Bertz CT molecular complexity index is 1200. The summed E-state index contributed by atoms with van der Waals surface area (Å²) in [5, 5.41) is 3.67. The molecule has 0 bridgehead atoms. The average Bonchev–Trinajstić information content (AvgIpc) is 2.80. The van der Waals surface area contributed by atoms with Crippen molar-refractivity contribution in [2.75, 3.05) is 23.7 Å². The van der Waals surface area contributed by atoms with Gasteiger partial charge in [0, 0.05) is 41.7 Å². The van der Waals surface area contributed by atoms with E-state index in [-0.39, 0.29) is 43.7 Å². The van der Waals surface area contributed by atoms with Gasteiger partial charge in [-0.15, -0.1) is 0 Å². The lowest BCUT2D eigenvalue weighted by Crippen LogP contribution is -2.48. The molecule has 0 radical (unpaired) electrons. The molecule has 2 aromatic carbocycles. The smallest absolute Gasteiger partial charge is 0.242 e. The molecule has 1 N–H and O–H groups in total. The zero-order valence-corrected chi connectivity index (χ0v) is 24.7. The van der Waals surface area contributed by atoms with Crippen LogP contribution in [0.5, 0.6) is 0 Å². The van der Waals surface area contributed by atoms with E-state index < -0.39 is 16.1 Å². The van der Waals surface area contributed by atoms with Crippen LogP contribution in [0.1, 0.15) is 50.3 Å². The molecule has 1 atom stereocenters. The first-order chi connectivity index (χ1) is 17.2. The number of anilines is 1. The summed E-state index contributed by atoms with van der Waals surface area (Å²) < 4.78 is 26.4. The van der Waals surface area contributed by atoms with Crippen LogP contribution < -0.4 is 9.62 Å². The van der Waals surface area contributed by atoms with Crippen molar-refractivity contribution in [1.29, 1.82) is 0 Å². The van der Waals surface area contributed by atoms with Crippen molar-refractivity contribution in [3.8, 4) is 0 Å². The standard InChI is InChI=1S/C27H37Cl2N3O4S/c1-18(2)16-30-27(34)21(5)31(17-23-24(28)9-7-10-25(23)29)26(33)11-8-14-32(37(6,35)36)22-13-12-19(3)20(4)15-22/h7,9-10,12-13,15,18,21H,8,11,14,16-17H2,1-6H3,(H,30,34). The normalized spacial score (nSPS) is 12.4. The summed E-state index contributed by atoms with van der Waals surface area (Å²) >= 11 is 12.7. The maximum atomic E-state index is 13.4. The Morgan fingerprint density at radius 2 is 1.62 bits per heavy atom. The van der Waals surface area contributed by atoms with E-state index in [9.17, 15) is 18.0 Å². The van der Waals surface area contributed by atoms with Crippen LogP contribution in [0.2, 0.25) is 10.0 Å². The molecule has 2 rings (SSSR count). The van der Waals surface area contributed by atoms with Crippen LogP contribution in [0.3, 0.4) is 0 Å². The van der Waals surface area contributed by atoms with Crippen LogP contribution in [0.15, 0.2) is 36.4 Å². The van der Waals surface area contributed by atoms with E-state index in [1.54, 1.807) is 31.2 Å². The largest absolute Gasteiger partial charge is 0.354 e. The zero-order valence-electron chi connectivity index (χ0n) is 22.3. The van der Waals surface area contributed by atoms with Gasteiger partial charge in [0.2, 0.25) is 21.8 Å². The number of aryl methyl sites for hydroxylation is 2. The van der Waals surface area contributed by atoms with Gasteiger partial charge in [-0.1, -0.05) is 49.2 Å². The van der Waals surface area contributed by atoms with E-state index in [2.05, 4.69) is 5.32 Å². The van der Waals surface area contributed by atoms with Gasteiger partial charge in [0.05, 0.1) is 11.9 Å². The van der Waals surface area contributed by atoms with Gasteiger partial charge in [0.25, 0.3) is 0 Å². The van der Waals surface area contributed by atoms with Crippen molar-refractivity contribution in [1.82, 2.24) is 10.2 Å². The van der Waals surface area contributed by atoms with E-state index in [1.165, 1.54) is 9.21 Å². The van der Waals surface area contributed by atoms with Crippen molar-refractivity contribution in [2.24, 2.45) is 5.92 Å². The number of hydrogen-bond donors (Lipinski definition) is 1. The maximum absolute atomic E-state index is 13.4. The molecule has 10 heteroatoms. The van der Waals surface area contributed by atoms with E-state index >= 15 is 0 Å². The number of carbonyl (C=O) groups excluding carboxylic acids is 2. The van der Waals surface area contributed by atoms with Gasteiger partial charge < -0.3 is 10.2 Å². The van der Waals surface area contributed by atoms with Gasteiger partial charge in [-0.3, -0.25) is 13.9 Å². The van der Waals surface area contributed by atoms with Crippen molar-refractivity contribution in [3.05, 3.63) is 63.1 Å². The number of hydrogen-bond acceptors (Lipinski definition) is 4. The molecule has 0 fully saturated rings. The predicted molar refractivity (Wildman–Crippen MR) is 152 cm³/mol. The van der Waals surface area contributed by atoms with Gasteiger partial charge in [-0.25, -0.2) is 8.42 Å². The zero-order chi connectivity index (χ0) is 27.9. The van der Waals surface area contributed by atoms with Crippen LogP contribution in [0.4, 0.5) is 5.69 Å². The monoisotopic (exact) mass is 569 g/mol. The second kappa shape index (κ2) is 13.5. The summed E-state index contributed by atoms with van der Waals surface area (Å²) in [6.45, 7) is 10.2. The fourth-order valence-corrected chi connectivity index (χ4v) is 5.25. The first kappa shape index (κ1) is 30.9. The van der Waals surface area contributed by atoms with Crippen molar-refractivity contribution in [3.63, 3.8) is 0 Å². The lowest BCUT2D eigenvalue weighted by atomic mass is 10.1. The summed E-state index contributed by atoms with van der Waals surface area (Å²) in [6, 6.07) is 9.77. The van der Waals surface area contributed by atoms with Gasteiger partial charge in [0.1, 0.15) is 6.04 Å². The molecule has 0 heterocycles. The highest BCUT2D eigenvalue weighted by Crippen LogP contribution is 2.27.